The molecule has 0 aromatic heterocycles. The third-order valence-corrected chi connectivity index (χ3v) is 13.1. The molecule has 206 valence electrons. The van der Waals surface area contributed by atoms with Gasteiger partial charge in [-0.15, -0.1) is 11.8 Å². The normalized spacial score (nSPS) is 23.7. The van der Waals surface area contributed by atoms with Gasteiger partial charge in [0.2, 0.25) is 0 Å². The molecule has 39 heavy (non-hydrogen) atoms. The maximum Gasteiger partial charge on any atom is 0.261 e. The highest BCUT2D eigenvalue weighted by Crippen LogP contribution is 2.38. The lowest BCUT2D eigenvalue weighted by molar-refractivity contribution is -0.183. The van der Waals surface area contributed by atoms with E-state index in [1.54, 1.807) is 0 Å². The predicted octanol–water partition coefficient (Wildman–Crippen LogP) is 5.28. The number of rotatable bonds is 10. The molecule has 4 rings (SSSR count). The Hall–Kier alpha value is -2.62. The van der Waals surface area contributed by atoms with Crippen molar-refractivity contribution in [2.24, 2.45) is 5.11 Å². The number of aliphatic hydroxyl groups is 1. The van der Waals surface area contributed by atoms with Crippen molar-refractivity contribution >= 4 is 30.5 Å². The number of aliphatic hydroxyl groups excluding tert-OH is 1. The second-order valence-electron chi connectivity index (χ2n) is 10.7. The first-order valence-electron chi connectivity index (χ1n) is 13.1. The van der Waals surface area contributed by atoms with Crippen LogP contribution in [-0.2, 0) is 20.5 Å². The highest BCUT2D eigenvalue weighted by Gasteiger charge is 2.52. The van der Waals surface area contributed by atoms with Gasteiger partial charge in [0.1, 0.15) is 23.7 Å². The lowest BCUT2D eigenvalue weighted by atomic mass is 9.98. The van der Waals surface area contributed by atoms with Gasteiger partial charge in [-0.25, -0.2) is 0 Å². The first-order chi connectivity index (χ1) is 18.8. The number of ether oxygens (including phenoxy) is 2. The van der Waals surface area contributed by atoms with E-state index in [0.29, 0.717) is 0 Å². The molecule has 1 aliphatic heterocycles. The Balaban J connectivity index is 1.66. The number of nitrogens with zero attached hydrogens (tertiary/aromatic N) is 3. The van der Waals surface area contributed by atoms with Crippen LogP contribution in [0.2, 0.25) is 5.04 Å². The molecule has 1 fully saturated rings. The van der Waals surface area contributed by atoms with Crippen molar-refractivity contribution in [1.82, 2.24) is 0 Å². The van der Waals surface area contributed by atoms with Crippen LogP contribution in [0.15, 0.2) is 96.1 Å². The van der Waals surface area contributed by atoms with Crippen LogP contribution in [0.5, 0.6) is 0 Å². The lowest BCUT2D eigenvalue weighted by Gasteiger charge is -2.46. The average molecular weight is 564 g/mol. The van der Waals surface area contributed by atoms with Crippen molar-refractivity contribution in [3.63, 3.8) is 0 Å². The topological polar surface area (TPSA) is 96.7 Å². The van der Waals surface area contributed by atoms with Gasteiger partial charge in [0, 0.05) is 4.91 Å². The molecule has 0 unspecified atom stereocenters. The van der Waals surface area contributed by atoms with E-state index >= 15 is 0 Å². The largest absolute Gasteiger partial charge is 0.405 e. The smallest absolute Gasteiger partial charge is 0.261 e. The minimum Gasteiger partial charge on any atom is -0.405 e. The van der Waals surface area contributed by atoms with E-state index in [4.69, 9.17) is 13.9 Å². The van der Waals surface area contributed by atoms with Crippen LogP contribution in [0.25, 0.3) is 10.4 Å². The first kappa shape index (κ1) is 29.4. The number of hydrogen-bond acceptors (Lipinski definition) is 6. The molecule has 7 nitrogen and oxygen atoms in total. The van der Waals surface area contributed by atoms with Gasteiger partial charge in [0.25, 0.3) is 8.32 Å². The summed E-state index contributed by atoms with van der Waals surface area (Å²) in [6.45, 7) is 7.09. The molecule has 0 radical (unpaired) electrons. The molecule has 3 aromatic carbocycles. The van der Waals surface area contributed by atoms with Gasteiger partial charge in [0.15, 0.2) is 0 Å². The van der Waals surface area contributed by atoms with E-state index in [0.717, 1.165) is 15.9 Å². The van der Waals surface area contributed by atoms with E-state index < -0.39 is 38.1 Å². The second kappa shape index (κ2) is 13.2. The van der Waals surface area contributed by atoms with Gasteiger partial charge in [-0.05, 0) is 32.8 Å². The Bertz CT molecular complexity index is 1180. The predicted molar refractivity (Wildman–Crippen MR) is 160 cm³/mol. The zero-order valence-electron chi connectivity index (χ0n) is 22.9. The molecular formula is C30H37N3O4SSi. The van der Waals surface area contributed by atoms with E-state index in [1.165, 1.54) is 11.8 Å². The summed E-state index contributed by atoms with van der Waals surface area (Å²) in [4.78, 5) is 3.04. The molecule has 1 N–H and O–H groups in total. The van der Waals surface area contributed by atoms with Gasteiger partial charge in [-0.1, -0.05) is 117 Å². The number of thioether (sulfide) groups is 1. The van der Waals surface area contributed by atoms with Crippen LogP contribution in [0.3, 0.4) is 0 Å². The van der Waals surface area contributed by atoms with E-state index in [1.807, 2.05) is 73.0 Å². The summed E-state index contributed by atoms with van der Waals surface area (Å²) < 4.78 is 19.6. The molecule has 3 aromatic rings. The van der Waals surface area contributed by atoms with Gasteiger partial charge in [-0.2, -0.15) is 0 Å². The monoisotopic (exact) mass is 563 g/mol. The second-order valence-corrected chi connectivity index (χ2v) is 15.9. The molecule has 0 amide bonds. The van der Waals surface area contributed by atoms with Gasteiger partial charge in [-0.3, -0.25) is 0 Å². The first-order valence-corrected chi connectivity index (χ1v) is 16.3. The summed E-state index contributed by atoms with van der Waals surface area (Å²) in [5.41, 5.74) is 9.76. The van der Waals surface area contributed by atoms with Crippen LogP contribution in [-0.4, -0.2) is 56.1 Å². The molecule has 1 aliphatic rings. The van der Waals surface area contributed by atoms with Crippen LogP contribution < -0.4 is 10.4 Å². The van der Waals surface area contributed by atoms with Crippen molar-refractivity contribution in [3.8, 4) is 0 Å². The van der Waals surface area contributed by atoms with E-state index in [9.17, 15) is 10.6 Å². The minimum absolute atomic E-state index is 0.166. The summed E-state index contributed by atoms with van der Waals surface area (Å²) in [5.74, 6) is 0. The molecule has 5 atom stereocenters. The molecule has 0 saturated carbocycles. The molecule has 0 spiro atoms. The Morgan fingerprint density at radius 2 is 1.49 bits per heavy atom. The Labute approximate surface area is 236 Å². The Morgan fingerprint density at radius 3 is 1.97 bits per heavy atom. The maximum atomic E-state index is 11.6. The highest BCUT2D eigenvalue weighted by molar-refractivity contribution is 7.99. The highest BCUT2D eigenvalue weighted by atomic mass is 32.2. The van der Waals surface area contributed by atoms with Gasteiger partial charge in [0.05, 0.1) is 19.3 Å². The fourth-order valence-electron chi connectivity index (χ4n) is 5.35. The van der Waals surface area contributed by atoms with E-state index in [-0.39, 0.29) is 18.3 Å². The summed E-state index contributed by atoms with van der Waals surface area (Å²) in [6.07, 6.45) is -0.572. The fourth-order valence-corrected chi connectivity index (χ4v) is 10.7. The van der Waals surface area contributed by atoms with Crippen LogP contribution in [0.1, 0.15) is 26.3 Å². The standard InChI is InChI=1S/C30H37N3O4SSi/c1-30(2,3)39(23-16-10-6-11-17-23,24-18-12-7-13-19-24)36-21-25-27(34)28(26(32-33-31)29(37-25)38-4)35-20-22-14-8-5-9-15-22/h5-19,25-29,34H,20-21H2,1-4H3/t25-,26-,27-,28-,29+/m1/s1. The van der Waals surface area contributed by atoms with Gasteiger partial charge >= 0.3 is 0 Å². The average Bonchev–Trinajstić information content (AvgIpc) is 2.95. The van der Waals surface area contributed by atoms with Crippen molar-refractivity contribution in [1.29, 1.82) is 0 Å². The Morgan fingerprint density at radius 1 is 0.949 bits per heavy atom. The van der Waals surface area contributed by atoms with Gasteiger partial charge < -0.3 is 19.0 Å². The number of benzene rings is 3. The molecule has 0 bridgehead atoms. The van der Waals surface area contributed by atoms with Crippen molar-refractivity contribution in [2.75, 3.05) is 12.9 Å². The molecule has 1 heterocycles. The number of hydrogen-bond donors (Lipinski definition) is 1. The van der Waals surface area contributed by atoms with Crippen LogP contribution >= 0.6 is 11.8 Å². The minimum atomic E-state index is -2.84. The zero-order valence-corrected chi connectivity index (χ0v) is 24.7. The molecular weight excluding hydrogens is 527 g/mol. The van der Waals surface area contributed by atoms with Crippen molar-refractivity contribution in [3.05, 3.63) is 107 Å². The molecule has 0 aliphatic carbocycles. The molecule has 1 saturated heterocycles. The third-order valence-electron chi connectivity index (χ3n) is 7.23. The van der Waals surface area contributed by atoms with Crippen LogP contribution in [0.4, 0.5) is 0 Å². The molecule has 9 heteroatoms. The summed E-state index contributed by atoms with van der Waals surface area (Å²) in [7, 11) is -2.84. The summed E-state index contributed by atoms with van der Waals surface area (Å²) in [5, 5.41) is 17.6. The maximum absolute atomic E-state index is 11.6. The van der Waals surface area contributed by atoms with Crippen molar-refractivity contribution in [2.45, 2.75) is 62.2 Å². The van der Waals surface area contributed by atoms with Crippen molar-refractivity contribution < 1.29 is 19.0 Å². The number of azide groups is 1. The van der Waals surface area contributed by atoms with E-state index in [2.05, 4.69) is 55.1 Å². The third kappa shape index (κ3) is 6.42. The summed E-state index contributed by atoms with van der Waals surface area (Å²) in [6, 6.07) is 29.8. The zero-order chi connectivity index (χ0) is 27.9. The summed E-state index contributed by atoms with van der Waals surface area (Å²) >= 11 is 1.43. The van der Waals surface area contributed by atoms with Crippen LogP contribution in [0, 0.1) is 0 Å². The Kier molecular flexibility index (Phi) is 9.90. The quantitative estimate of drug-likeness (QED) is 0.157. The SMILES string of the molecule is CS[C@@H]1O[C@H](CO[Si](c2ccccc2)(c2ccccc2)C(C)(C)C)[C@@H](O)[C@H](OCc2ccccc2)[C@H]1N=[N+]=[N-]. The fraction of sp³-hybridized carbons (Fsp3) is 0.400. The lowest BCUT2D eigenvalue weighted by Crippen LogP contribution is -2.68.